The van der Waals surface area contributed by atoms with Gasteiger partial charge in [0.05, 0.1) is 0 Å². The molecule has 1 aliphatic rings. The Bertz CT molecular complexity index is 691. The Morgan fingerprint density at radius 3 is 2.88 bits per heavy atom. The third-order valence-corrected chi connectivity index (χ3v) is 4.64. The lowest BCUT2D eigenvalue weighted by Gasteiger charge is -2.17. The van der Waals surface area contributed by atoms with Crippen molar-refractivity contribution in [3.63, 3.8) is 0 Å². The highest BCUT2D eigenvalue weighted by molar-refractivity contribution is 5.93. The molecule has 0 saturated heterocycles. The van der Waals surface area contributed by atoms with Gasteiger partial charge in [-0.05, 0) is 44.4 Å². The molecule has 8 heteroatoms. The number of benzene rings is 1. The highest BCUT2D eigenvalue weighted by atomic mass is 35.5. The molecular weight excluding hydrogens is 361 g/mol. The van der Waals surface area contributed by atoms with Crippen LogP contribution in [0, 0.1) is 11.8 Å². The SMILES string of the molecule is CCn1cnnc1-c1cccc(NC(=O)[C@@H]2CCC[C@@H]2CN)c1.Cl.Cl. The van der Waals surface area contributed by atoms with Crippen molar-refractivity contribution in [1.29, 1.82) is 0 Å². The number of hydrogen-bond acceptors (Lipinski definition) is 4. The molecule has 0 bridgehead atoms. The second-order valence-corrected chi connectivity index (χ2v) is 6.04. The minimum atomic E-state index is 0. The first-order chi connectivity index (χ1) is 11.2. The van der Waals surface area contributed by atoms with E-state index in [4.69, 9.17) is 5.73 Å². The number of anilines is 1. The molecule has 0 radical (unpaired) electrons. The summed E-state index contributed by atoms with van der Waals surface area (Å²) in [5.41, 5.74) is 7.52. The second-order valence-electron chi connectivity index (χ2n) is 6.04. The summed E-state index contributed by atoms with van der Waals surface area (Å²) in [6.45, 7) is 3.43. The van der Waals surface area contributed by atoms with Crippen molar-refractivity contribution in [2.24, 2.45) is 17.6 Å². The summed E-state index contributed by atoms with van der Waals surface area (Å²) in [6.07, 6.45) is 4.77. The van der Waals surface area contributed by atoms with Crippen molar-refractivity contribution in [2.45, 2.75) is 32.7 Å². The molecule has 3 N–H and O–H groups in total. The molecule has 0 aliphatic heterocycles. The smallest absolute Gasteiger partial charge is 0.227 e. The number of amides is 1. The molecule has 0 spiro atoms. The van der Waals surface area contributed by atoms with Gasteiger partial charge in [-0.2, -0.15) is 0 Å². The maximum Gasteiger partial charge on any atom is 0.227 e. The first kappa shape index (κ1) is 21.4. The molecular formula is C17H25Cl2N5O. The molecule has 138 valence electrons. The van der Waals surface area contributed by atoms with E-state index in [1.807, 2.05) is 35.8 Å². The van der Waals surface area contributed by atoms with E-state index in [0.717, 1.165) is 42.9 Å². The molecule has 1 fully saturated rings. The molecule has 1 aliphatic carbocycles. The number of carbonyl (C=O) groups is 1. The summed E-state index contributed by atoms with van der Waals surface area (Å²) in [5, 5.41) is 11.2. The summed E-state index contributed by atoms with van der Waals surface area (Å²) in [6, 6.07) is 7.75. The van der Waals surface area contributed by atoms with Crippen LogP contribution in [0.1, 0.15) is 26.2 Å². The molecule has 2 atom stereocenters. The van der Waals surface area contributed by atoms with E-state index in [-0.39, 0.29) is 36.6 Å². The molecule has 3 rings (SSSR count). The number of aryl methyl sites for hydroxylation is 1. The van der Waals surface area contributed by atoms with Gasteiger partial charge in [0.1, 0.15) is 6.33 Å². The molecule has 1 aromatic heterocycles. The van der Waals surface area contributed by atoms with E-state index in [1.165, 1.54) is 0 Å². The number of aromatic nitrogens is 3. The fourth-order valence-electron chi connectivity index (χ4n) is 3.35. The molecule has 2 aromatic rings. The average Bonchev–Trinajstić information content (AvgIpc) is 3.23. The average molecular weight is 386 g/mol. The first-order valence-corrected chi connectivity index (χ1v) is 8.22. The van der Waals surface area contributed by atoms with Crippen molar-refractivity contribution in [1.82, 2.24) is 14.8 Å². The topological polar surface area (TPSA) is 85.8 Å². The Morgan fingerprint density at radius 2 is 2.16 bits per heavy atom. The van der Waals surface area contributed by atoms with Crippen molar-refractivity contribution in [3.05, 3.63) is 30.6 Å². The Kier molecular flexibility index (Phi) is 8.35. The van der Waals surface area contributed by atoms with Crippen LogP contribution in [-0.4, -0.2) is 27.2 Å². The largest absolute Gasteiger partial charge is 0.330 e. The molecule has 1 amide bonds. The molecule has 1 heterocycles. The van der Waals surface area contributed by atoms with Gasteiger partial charge >= 0.3 is 0 Å². The molecule has 0 unspecified atom stereocenters. The van der Waals surface area contributed by atoms with Crippen LogP contribution < -0.4 is 11.1 Å². The summed E-state index contributed by atoms with van der Waals surface area (Å²) < 4.78 is 1.97. The maximum atomic E-state index is 12.5. The van der Waals surface area contributed by atoms with Crippen molar-refractivity contribution in [2.75, 3.05) is 11.9 Å². The number of rotatable bonds is 5. The van der Waals surface area contributed by atoms with Crippen LogP contribution in [0.5, 0.6) is 0 Å². The number of nitrogens with one attached hydrogen (secondary N) is 1. The quantitative estimate of drug-likeness (QED) is 0.827. The van der Waals surface area contributed by atoms with Crippen LogP contribution in [0.25, 0.3) is 11.4 Å². The highest BCUT2D eigenvalue weighted by Gasteiger charge is 2.31. The second kappa shape index (κ2) is 9.75. The predicted molar refractivity (Wildman–Crippen MR) is 104 cm³/mol. The van der Waals surface area contributed by atoms with Gasteiger partial charge in [-0.25, -0.2) is 0 Å². The van der Waals surface area contributed by atoms with Crippen molar-refractivity contribution < 1.29 is 4.79 Å². The van der Waals surface area contributed by atoms with Crippen LogP contribution in [0.2, 0.25) is 0 Å². The summed E-state index contributed by atoms with van der Waals surface area (Å²) >= 11 is 0. The fraction of sp³-hybridized carbons (Fsp3) is 0.471. The van der Waals surface area contributed by atoms with Gasteiger partial charge in [0.2, 0.25) is 5.91 Å². The first-order valence-electron chi connectivity index (χ1n) is 8.22. The molecule has 1 saturated carbocycles. The van der Waals surface area contributed by atoms with Crippen LogP contribution in [-0.2, 0) is 11.3 Å². The monoisotopic (exact) mass is 385 g/mol. The number of halogens is 2. The molecule has 25 heavy (non-hydrogen) atoms. The van der Waals surface area contributed by atoms with Crippen LogP contribution >= 0.6 is 24.8 Å². The third kappa shape index (κ3) is 4.71. The maximum absolute atomic E-state index is 12.5. The van der Waals surface area contributed by atoms with E-state index in [1.54, 1.807) is 6.33 Å². The normalized spacial score (nSPS) is 19.0. The number of hydrogen-bond donors (Lipinski definition) is 2. The zero-order valence-electron chi connectivity index (χ0n) is 14.2. The van der Waals surface area contributed by atoms with E-state index < -0.39 is 0 Å². The summed E-state index contributed by atoms with van der Waals surface area (Å²) in [5.74, 6) is 1.22. The van der Waals surface area contributed by atoms with Crippen molar-refractivity contribution >= 4 is 36.4 Å². The Morgan fingerprint density at radius 1 is 1.36 bits per heavy atom. The minimum absolute atomic E-state index is 0. The van der Waals surface area contributed by atoms with Gasteiger partial charge < -0.3 is 15.6 Å². The number of nitrogens with two attached hydrogens (primary N) is 1. The van der Waals surface area contributed by atoms with Gasteiger partial charge in [-0.3, -0.25) is 4.79 Å². The molecule has 6 nitrogen and oxygen atoms in total. The summed E-state index contributed by atoms with van der Waals surface area (Å²) in [7, 11) is 0. The van der Waals surface area contributed by atoms with Gasteiger partial charge in [0.15, 0.2) is 5.82 Å². The lowest BCUT2D eigenvalue weighted by atomic mass is 9.95. The zero-order chi connectivity index (χ0) is 16.2. The number of carbonyl (C=O) groups excluding carboxylic acids is 1. The Balaban J connectivity index is 0.00000156. The van der Waals surface area contributed by atoms with Crippen LogP contribution in [0.4, 0.5) is 5.69 Å². The lowest BCUT2D eigenvalue weighted by Crippen LogP contribution is -2.29. The fourth-order valence-corrected chi connectivity index (χ4v) is 3.35. The minimum Gasteiger partial charge on any atom is -0.330 e. The Labute approximate surface area is 160 Å². The summed E-state index contributed by atoms with van der Waals surface area (Å²) in [4.78, 5) is 12.5. The molecule has 1 aromatic carbocycles. The highest BCUT2D eigenvalue weighted by Crippen LogP contribution is 2.32. The zero-order valence-corrected chi connectivity index (χ0v) is 15.9. The van der Waals surface area contributed by atoms with Crippen LogP contribution in [0.15, 0.2) is 30.6 Å². The standard InChI is InChI=1S/C17H23N5O.2ClH/c1-2-22-11-19-21-16(22)12-5-3-7-14(9-12)20-17(23)15-8-4-6-13(15)10-18;;/h3,5,7,9,11,13,15H,2,4,6,8,10,18H2,1H3,(H,20,23);2*1H/t13-,15-;;/m1../s1. The van der Waals surface area contributed by atoms with E-state index in [9.17, 15) is 4.79 Å². The van der Waals surface area contributed by atoms with Gasteiger partial charge in [-0.1, -0.05) is 18.6 Å². The lowest BCUT2D eigenvalue weighted by molar-refractivity contribution is -0.120. The van der Waals surface area contributed by atoms with Gasteiger partial charge in [0.25, 0.3) is 0 Å². The van der Waals surface area contributed by atoms with Gasteiger partial charge in [-0.15, -0.1) is 35.0 Å². The Hall–Kier alpha value is -1.63. The third-order valence-electron chi connectivity index (χ3n) is 4.64. The van der Waals surface area contributed by atoms with Crippen LogP contribution in [0.3, 0.4) is 0 Å². The van der Waals surface area contributed by atoms with E-state index in [0.29, 0.717) is 12.5 Å². The van der Waals surface area contributed by atoms with Crippen molar-refractivity contribution in [3.8, 4) is 11.4 Å². The van der Waals surface area contributed by atoms with E-state index >= 15 is 0 Å². The van der Waals surface area contributed by atoms with Gasteiger partial charge in [0, 0.05) is 23.7 Å². The van der Waals surface area contributed by atoms with E-state index in [2.05, 4.69) is 15.5 Å². The predicted octanol–water partition coefficient (Wildman–Crippen LogP) is 3.12. The number of nitrogens with zero attached hydrogens (tertiary/aromatic N) is 3.